The average molecular weight is 225 g/mol. The van der Waals surface area contributed by atoms with Crippen molar-refractivity contribution in [1.82, 2.24) is 4.90 Å². The number of carboxylic acid groups (broad SMARTS) is 1. The Balaban J connectivity index is 2.30. The molecular formula is C13H23NO2. The van der Waals surface area contributed by atoms with Gasteiger partial charge in [0, 0.05) is 19.6 Å². The molecule has 0 aromatic heterocycles. The van der Waals surface area contributed by atoms with Crippen LogP contribution in [0, 0.1) is 5.92 Å². The summed E-state index contributed by atoms with van der Waals surface area (Å²) in [6, 6.07) is 0. The zero-order chi connectivity index (χ0) is 11.8. The SMILES string of the molecule is C=CCN(CCC(=O)O)CC1CCCCC1. The van der Waals surface area contributed by atoms with Crippen LogP contribution in [0.2, 0.25) is 0 Å². The second-order valence-electron chi connectivity index (χ2n) is 4.70. The quantitative estimate of drug-likeness (QED) is 0.677. The highest BCUT2D eigenvalue weighted by molar-refractivity contribution is 5.66. The second kappa shape index (κ2) is 7.44. The normalized spacial score (nSPS) is 17.6. The first-order valence-corrected chi connectivity index (χ1v) is 6.27. The Kier molecular flexibility index (Phi) is 6.16. The molecule has 0 aromatic rings. The molecule has 3 heteroatoms. The van der Waals surface area contributed by atoms with E-state index in [-0.39, 0.29) is 6.42 Å². The Bertz CT molecular complexity index is 222. The molecule has 3 nitrogen and oxygen atoms in total. The Hall–Kier alpha value is -0.830. The molecule has 0 aliphatic heterocycles. The third-order valence-electron chi connectivity index (χ3n) is 3.27. The fourth-order valence-corrected chi connectivity index (χ4v) is 2.43. The summed E-state index contributed by atoms with van der Waals surface area (Å²) in [4.78, 5) is 12.8. The number of nitrogens with zero attached hydrogens (tertiary/aromatic N) is 1. The molecule has 0 heterocycles. The molecule has 0 spiro atoms. The third kappa shape index (κ3) is 5.31. The van der Waals surface area contributed by atoms with Crippen molar-refractivity contribution in [2.75, 3.05) is 19.6 Å². The lowest BCUT2D eigenvalue weighted by Gasteiger charge is -2.28. The molecule has 0 aromatic carbocycles. The van der Waals surface area contributed by atoms with E-state index in [1.807, 2.05) is 6.08 Å². The highest BCUT2D eigenvalue weighted by Gasteiger charge is 2.16. The molecule has 0 bridgehead atoms. The van der Waals surface area contributed by atoms with Gasteiger partial charge >= 0.3 is 5.97 Å². The standard InChI is InChI=1S/C13H23NO2/c1-2-9-14(10-8-13(15)16)11-12-6-4-3-5-7-12/h2,12H,1,3-11H2,(H,15,16). The monoisotopic (exact) mass is 225 g/mol. The number of rotatable bonds is 7. The molecule has 0 amide bonds. The van der Waals surface area contributed by atoms with E-state index >= 15 is 0 Å². The lowest BCUT2D eigenvalue weighted by Crippen LogP contribution is -2.32. The van der Waals surface area contributed by atoms with Crippen LogP contribution in [0.3, 0.4) is 0 Å². The molecule has 1 aliphatic rings. The van der Waals surface area contributed by atoms with Crippen molar-refractivity contribution in [2.45, 2.75) is 38.5 Å². The first-order chi connectivity index (χ1) is 7.72. The molecule has 92 valence electrons. The lowest BCUT2D eigenvalue weighted by atomic mass is 9.89. The van der Waals surface area contributed by atoms with Gasteiger partial charge in [-0.3, -0.25) is 9.69 Å². The van der Waals surface area contributed by atoms with Crippen LogP contribution in [0.4, 0.5) is 0 Å². The maximum absolute atomic E-state index is 10.5. The topological polar surface area (TPSA) is 40.5 Å². The van der Waals surface area contributed by atoms with Crippen LogP contribution < -0.4 is 0 Å². The van der Waals surface area contributed by atoms with Gasteiger partial charge in [0.1, 0.15) is 0 Å². The van der Waals surface area contributed by atoms with E-state index in [1.165, 1.54) is 32.1 Å². The summed E-state index contributed by atoms with van der Waals surface area (Å²) in [5, 5.41) is 8.68. The highest BCUT2D eigenvalue weighted by atomic mass is 16.4. The lowest BCUT2D eigenvalue weighted by molar-refractivity contribution is -0.137. The van der Waals surface area contributed by atoms with Gasteiger partial charge in [0.05, 0.1) is 6.42 Å². The minimum Gasteiger partial charge on any atom is -0.481 e. The van der Waals surface area contributed by atoms with Crippen LogP contribution in [0.15, 0.2) is 12.7 Å². The predicted octanol–water partition coefficient (Wildman–Crippen LogP) is 2.53. The van der Waals surface area contributed by atoms with Crippen molar-refractivity contribution < 1.29 is 9.90 Å². The Morgan fingerprint density at radius 2 is 2.06 bits per heavy atom. The van der Waals surface area contributed by atoms with Gasteiger partial charge in [-0.05, 0) is 18.8 Å². The van der Waals surface area contributed by atoms with Crippen LogP contribution >= 0.6 is 0 Å². The van der Waals surface area contributed by atoms with Crippen LogP contribution in [0.1, 0.15) is 38.5 Å². The van der Waals surface area contributed by atoms with Gasteiger partial charge in [-0.1, -0.05) is 25.3 Å². The molecule has 0 atom stereocenters. The van der Waals surface area contributed by atoms with Gasteiger partial charge in [-0.2, -0.15) is 0 Å². The molecule has 1 N–H and O–H groups in total. The summed E-state index contributed by atoms with van der Waals surface area (Å²) < 4.78 is 0. The van der Waals surface area contributed by atoms with Gasteiger partial charge in [-0.15, -0.1) is 6.58 Å². The second-order valence-corrected chi connectivity index (χ2v) is 4.70. The van der Waals surface area contributed by atoms with E-state index in [4.69, 9.17) is 5.11 Å². The molecule has 0 unspecified atom stereocenters. The number of aliphatic carboxylic acids is 1. The minimum absolute atomic E-state index is 0.237. The van der Waals surface area contributed by atoms with Gasteiger partial charge in [-0.25, -0.2) is 0 Å². The van der Waals surface area contributed by atoms with E-state index in [0.717, 1.165) is 19.0 Å². The van der Waals surface area contributed by atoms with E-state index in [2.05, 4.69) is 11.5 Å². The van der Waals surface area contributed by atoms with E-state index in [0.29, 0.717) is 6.54 Å². The van der Waals surface area contributed by atoms with Gasteiger partial charge < -0.3 is 5.11 Å². The Morgan fingerprint density at radius 1 is 1.38 bits per heavy atom. The first-order valence-electron chi connectivity index (χ1n) is 6.27. The summed E-state index contributed by atoms with van der Waals surface area (Å²) in [7, 11) is 0. The maximum atomic E-state index is 10.5. The summed E-state index contributed by atoms with van der Waals surface area (Å²) in [5.41, 5.74) is 0. The minimum atomic E-state index is -0.710. The van der Waals surface area contributed by atoms with Crippen molar-refractivity contribution in [3.8, 4) is 0 Å². The molecule has 1 fully saturated rings. The average Bonchev–Trinajstić information content (AvgIpc) is 2.27. The zero-order valence-electron chi connectivity index (χ0n) is 10.0. The molecular weight excluding hydrogens is 202 g/mol. The summed E-state index contributed by atoms with van der Waals surface area (Å²) in [5.74, 6) is 0.0557. The first kappa shape index (κ1) is 13.2. The number of hydrogen-bond acceptors (Lipinski definition) is 2. The van der Waals surface area contributed by atoms with E-state index < -0.39 is 5.97 Å². The fourth-order valence-electron chi connectivity index (χ4n) is 2.43. The van der Waals surface area contributed by atoms with Crippen LogP contribution in [0.5, 0.6) is 0 Å². The number of hydrogen-bond donors (Lipinski definition) is 1. The van der Waals surface area contributed by atoms with E-state index in [9.17, 15) is 4.79 Å². The van der Waals surface area contributed by atoms with Crippen LogP contribution in [-0.4, -0.2) is 35.6 Å². The zero-order valence-corrected chi connectivity index (χ0v) is 10.0. The predicted molar refractivity (Wildman–Crippen MR) is 65.5 cm³/mol. The number of carbonyl (C=O) groups is 1. The fraction of sp³-hybridized carbons (Fsp3) is 0.769. The molecule has 0 saturated heterocycles. The van der Waals surface area contributed by atoms with Gasteiger partial charge in [0.2, 0.25) is 0 Å². The van der Waals surface area contributed by atoms with Crippen LogP contribution in [0.25, 0.3) is 0 Å². The molecule has 1 aliphatic carbocycles. The van der Waals surface area contributed by atoms with Crippen molar-refractivity contribution in [2.24, 2.45) is 5.92 Å². The molecule has 0 radical (unpaired) electrons. The van der Waals surface area contributed by atoms with Crippen molar-refractivity contribution in [3.05, 3.63) is 12.7 Å². The van der Waals surface area contributed by atoms with Crippen molar-refractivity contribution >= 4 is 5.97 Å². The Morgan fingerprint density at radius 3 is 2.62 bits per heavy atom. The largest absolute Gasteiger partial charge is 0.481 e. The summed E-state index contributed by atoms with van der Waals surface area (Å²) >= 11 is 0. The Labute approximate surface area is 98.1 Å². The third-order valence-corrected chi connectivity index (χ3v) is 3.27. The number of carboxylic acids is 1. The maximum Gasteiger partial charge on any atom is 0.304 e. The molecule has 1 saturated carbocycles. The smallest absolute Gasteiger partial charge is 0.304 e. The highest BCUT2D eigenvalue weighted by Crippen LogP contribution is 2.24. The van der Waals surface area contributed by atoms with E-state index in [1.54, 1.807) is 0 Å². The summed E-state index contributed by atoms with van der Waals surface area (Å²) in [6.07, 6.45) is 8.76. The van der Waals surface area contributed by atoms with Crippen molar-refractivity contribution in [3.63, 3.8) is 0 Å². The van der Waals surface area contributed by atoms with Crippen LogP contribution in [-0.2, 0) is 4.79 Å². The molecule has 1 rings (SSSR count). The summed E-state index contributed by atoms with van der Waals surface area (Å²) in [6.45, 7) is 6.23. The van der Waals surface area contributed by atoms with Gasteiger partial charge in [0.25, 0.3) is 0 Å². The molecule has 16 heavy (non-hydrogen) atoms. The van der Waals surface area contributed by atoms with Crippen molar-refractivity contribution in [1.29, 1.82) is 0 Å². The van der Waals surface area contributed by atoms with Gasteiger partial charge in [0.15, 0.2) is 0 Å².